The number of nitrogens with zero attached hydrogens (tertiary/aromatic N) is 1. The molecule has 1 aromatic heterocycles. The third kappa shape index (κ3) is 2.26. The van der Waals surface area contributed by atoms with E-state index in [4.69, 9.17) is 4.74 Å². The van der Waals surface area contributed by atoms with Crippen molar-refractivity contribution in [2.24, 2.45) is 0 Å². The van der Waals surface area contributed by atoms with Crippen LogP contribution in [-0.2, 0) is 12.6 Å². The summed E-state index contributed by atoms with van der Waals surface area (Å²) in [5, 5.41) is 12.7. The van der Waals surface area contributed by atoms with Gasteiger partial charge in [0.1, 0.15) is 5.75 Å². The van der Waals surface area contributed by atoms with E-state index in [1.807, 2.05) is 6.07 Å². The minimum atomic E-state index is -4.41. The molecule has 6 heteroatoms. The first kappa shape index (κ1) is 14.8. The Morgan fingerprint density at radius 2 is 1.83 bits per heavy atom. The molecule has 0 atom stereocenters. The van der Waals surface area contributed by atoms with Crippen molar-refractivity contribution in [2.45, 2.75) is 12.6 Å². The predicted octanol–water partition coefficient (Wildman–Crippen LogP) is 4.09. The lowest BCUT2D eigenvalue weighted by atomic mass is 9.93. The van der Waals surface area contributed by atoms with Gasteiger partial charge < -0.3 is 9.94 Å². The summed E-state index contributed by atoms with van der Waals surface area (Å²) in [4.78, 5) is 0. The number of ether oxygens (including phenoxy) is 1. The Balaban J connectivity index is 1.96. The first-order valence-electron chi connectivity index (χ1n) is 7.43. The van der Waals surface area contributed by atoms with Gasteiger partial charge in [-0.1, -0.05) is 6.07 Å². The second kappa shape index (κ2) is 5.12. The number of hydrogen-bond donors (Lipinski definition) is 0. The molecule has 0 spiro atoms. The van der Waals surface area contributed by atoms with Gasteiger partial charge in [-0.2, -0.15) is 17.9 Å². The normalized spacial score (nSPS) is 13.8. The molecule has 3 nitrogen and oxygen atoms in total. The Morgan fingerprint density at radius 3 is 2.62 bits per heavy atom. The Bertz CT molecular complexity index is 951. The summed E-state index contributed by atoms with van der Waals surface area (Å²) in [6, 6.07) is 10.5. The monoisotopic (exact) mass is 331 g/mol. The standard InChI is InChI=1S/C18H12F3NO2/c19-18(20,21)11-3-4-15-12-5-6-16-14(2-1-8-22(16)23)13(12)7-9-24-17(15)10-11/h1-6,8,10H,7,9H2. The number of pyridine rings is 1. The summed E-state index contributed by atoms with van der Waals surface area (Å²) in [7, 11) is 0. The quantitative estimate of drug-likeness (QED) is 0.459. The smallest absolute Gasteiger partial charge is 0.416 e. The topological polar surface area (TPSA) is 36.2 Å². The van der Waals surface area contributed by atoms with Crippen LogP contribution in [-0.4, -0.2) is 6.61 Å². The van der Waals surface area contributed by atoms with Gasteiger partial charge in [-0.15, -0.1) is 0 Å². The van der Waals surface area contributed by atoms with E-state index in [1.54, 1.807) is 18.2 Å². The zero-order valence-corrected chi connectivity index (χ0v) is 12.4. The maximum absolute atomic E-state index is 12.9. The number of fused-ring (bicyclic) bond motifs is 5. The first-order valence-corrected chi connectivity index (χ1v) is 7.43. The molecule has 24 heavy (non-hydrogen) atoms. The second-order valence-electron chi connectivity index (χ2n) is 5.67. The van der Waals surface area contributed by atoms with E-state index in [2.05, 4.69) is 0 Å². The highest BCUT2D eigenvalue weighted by molar-refractivity contribution is 5.89. The number of aromatic nitrogens is 1. The molecule has 0 amide bonds. The SMILES string of the molecule is [O-][n+]1cccc2c3c(ccc21)-c1ccc(C(F)(F)F)cc1OCC3. The minimum Gasteiger partial charge on any atom is -0.618 e. The van der Waals surface area contributed by atoms with Crippen LogP contribution in [0.5, 0.6) is 5.75 Å². The maximum atomic E-state index is 12.9. The second-order valence-corrected chi connectivity index (χ2v) is 5.67. The molecule has 0 N–H and O–H groups in total. The highest BCUT2D eigenvalue weighted by atomic mass is 19.4. The van der Waals surface area contributed by atoms with Crippen LogP contribution in [0.15, 0.2) is 48.7 Å². The molecule has 0 unspecified atom stereocenters. The number of halogens is 3. The summed E-state index contributed by atoms with van der Waals surface area (Å²) in [6.45, 7) is 0.258. The fourth-order valence-corrected chi connectivity index (χ4v) is 3.15. The van der Waals surface area contributed by atoms with Gasteiger partial charge in [-0.3, -0.25) is 0 Å². The van der Waals surface area contributed by atoms with Crippen LogP contribution in [0.1, 0.15) is 11.1 Å². The van der Waals surface area contributed by atoms with Crippen LogP contribution in [0.4, 0.5) is 13.2 Å². The van der Waals surface area contributed by atoms with E-state index < -0.39 is 11.7 Å². The summed E-state index contributed by atoms with van der Waals surface area (Å²) in [5.74, 6) is 0.217. The molecule has 1 aliphatic heterocycles. The van der Waals surface area contributed by atoms with Gasteiger partial charge >= 0.3 is 6.18 Å². The zero-order chi connectivity index (χ0) is 16.9. The average Bonchev–Trinajstić information content (AvgIpc) is 2.73. The molecule has 4 rings (SSSR count). The van der Waals surface area contributed by atoms with E-state index in [0.29, 0.717) is 17.5 Å². The van der Waals surface area contributed by atoms with Crippen LogP contribution in [0.2, 0.25) is 0 Å². The van der Waals surface area contributed by atoms with Crippen LogP contribution < -0.4 is 9.47 Å². The predicted molar refractivity (Wildman–Crippen MR) is 82.5 cm³/mol. The van der Waals surface area contributed by atoms with E-state index in [1.165, 1.54) is 12.3 Å². The lowest BCUT2D eigenvalue weighted by Gasteiger charge is -2.13. The molecule has 3 aromatic rings. The van der Waals surface area contributed by atoms with E-state index >= 15 is 0 Å². The third-order valence-electron chi connectivity index (χ3n) is 4.26. The van der Waals surface area contributed by atoms with E-state index in [0.717, 1.165) is 33.4 Å². The number of rotatable bonds is 0. The zero-order valence-electron chi connectivity index (χ0n) is 12.4. The van der Waals surface area contributed by atoms with Crippen LogP contribution in [0.25, 0.3) is 22.0 Å². The number of hydrogen-bond acceptors (Lipinski definition) is 2. The molecular weight excluding hydrogens is 319 g/mol. The van der Waals surface area contributed by atoms with Crippen molar-refractivity contribution in [3.8, 4) is 16.9 Å². The molecule has 1 aliphatic rings. The van der Waals surface area contributed by atoms with Crippen molar-refractivity contribution in [3.05, 3.63) is 65.0 Å². The van der Waals surface area contributed by atoms with E-state index in [9.17, 15) is 18.4 Å². The van der Waals surface area contributed by atoms with Gasteiger partial charge in [-0.25, -0.2) is 0 Å². The molecule has 0 radical (unpaired) electrons. The number of benzene rings is 2. The van der Waals surface area contributed by atoms with Gasteiger partial charge in [-0.05, 0) is 35.4 Å². The highest BCUT2D eigenvalue weighted by Gasteiger charge is 2.32. The summed E-state index contributed by atoms with van der Waals surface area (Å²) >= 11 is 0. The average molecular weight is 331 g/mol. The van der Waals surface area contributed by atoms with Crippen molar-refractivity contribution >= 4 is 10.9 Å². The van der Waals surface area contributed by atoms with E-state index in [-0.39, 0.29) is 12.4 Å². The van der Waals surface area contributed by atoms with Crippen molar-refractivity contribution < 1.29 is 22.6 Å². The van der Waals surface area contributed by atoms with Gasteiger partial charge in [0.15, 0.2) is 6.20 Å². The summed E-state index contributed by atoms with van der Waals surface area (Å²) in [5.41, 5.74) is 2.12. The molecule has 0 bridgehead atoms. The first-order chi connectivity index (χ1) is 11.4. The minimum absolute atomic E-state index is 0.217. The Labute approximate surface area is 135 Å². The third-order valence-corrected chi connectivity index (χ3v) is 4.26. The fourth-order valence-electron chi connectivity index (χ4n) is 3.15. The van der Waals surface area contributed by atoms with Crippen molar-refractivity contribution in [1.29, 1.82) is 0 Å². The van der Waals surface area contributed by atoms with Crippen molar-refractivity contribution in [1.82, 2.24) is 0 Å². The van der Waals surface area contributed by atoms with Gasteiger partial charge in [0, 0.05) is 24.1 Å². The van der Waals surface area contributed by atoms with Crippen molar-refractivity contribution in [3.63, 3.8) is 0 Å². The Hall–Kier alpha value is -2.76. The largest absolute Gasteiger partial charge is 0.618 e. The van der Waals surface area contributed by atoms with Gasteiger partial charge in [0.25, 0.3) is 0 Å². The molecule has 0 saturated heterocycles. The molecule has 0 saturated carbocycles. The van der Waals surface area contributed by atoms with Gasteiger partial charge in [0.05, 0.1) is 17.6 Å². The highest BCUT2D eigenvalue weighted by Crippen LogP contribution is 2.41. The van der Waals surface area contributed by atoms with Crippen molar-refractivity contribution in [2.75, 3.05) is 6.61 Å². The molecule has 0 aliphatic carbocycles. The molecule has 122 valence electrons. The lowest BCUT2D eigenvalue weighted by Crippen LogP contribution is -2.26. The Morgan fingerprint density at radius 1 is 1.04 bits per heavy atom. The molecule has 2 heterocycles. The van der Waals surface area contributed by atoms with Crippen LogP contribution in [0, 0.1) is 5.21 Å². The summed E-state index contributed by atoms with van der Waals surface area (Å²) in [6.07, 6.45) is -2.47. The lowest BCUT2D eigenvalue weighted by molar-refractivity contribution is -0.577. The molecular formula is C18H12F3NO2. The molecule has 0 fully saturated rings. The maximum Gasteiger partial charge on any atom is 0.416 e. The van der Waals surface area contributed by atoms with Crippen LogP contribution >= 0.6 is 0 Å². The summed E-state index contributed by atoms with van der Waals surface area (Å²) < 4.78 is 45.1. The fraction of sp³-hybridized carbons (Fsp3) is 0.167. The Kier molecular flexibility index (Phi) is 3.16. The number of alkyl halides is 3. The molecule has 2 aromatic carbocycles. The van der Waals surface area contributed by atoms with Gasteiger partial charge in [0.2, 0.25) is 5.52 Å². The van der Waals surface area contributed by atoms with Crippen LogP contribution in [0.3, 0.4) is 0 Å².